The summed E-state index contributed by atoms with van der Waals surface area (Å²) in [6.45, 7) is 5.62. The number of ether oxygens (including phenoxy) is 2. The summed E-state index contributed by atoms with van der Waals surface area (Å²) in [7, 11) is 1.54. The first kappa shape index (κ1) is 12.3. The molecule has 0 atom stereocenters. The zero-order valence-electron chi connectivity index (χ0n) is 9.66. The van der Waals surface area contributed by atoms with E-state index in [2.05, 4.69) is 6.58 Å². The molecular weight excluding hydrogens is 204 g/mol. The second-order valence-corrected chi connectivity index (χ2v) is 3.32. The molecule has 0 spiro atoms. The molecule has 0 aliphatic rings. The van der Waals surface area contributed by atoms with Gasteiger partial charge in [0.1, 0.15) is 17.1 Å². The molecule has 0 heterocycles. The van der Waals surface area contributed by atoms with Crippen LogP contribution in [0.1, 0.15) is 23.7 Å². The van der Waals surface area contributed by atoms with E-state index in [9.17, 15) is 4.79 Å². The second-order valence-electron chi connectivity index (χ2n) is 3.32. The molecule has 0 unspecified atom stereocenters. The van der Waals surface area contributed by atoms with E-state index < -0.39 is 0 Å². The SMILES string of the molecule is C=CCCOc1cccc(OC)c1C(C)=O. The maximum atomic E-state index is 11.5. The predicted molar refractivity (Wildman–Crippen MR) is 63.3 cm³/mol. The van der Waals surface area contributed by atoms with E-state index in [4.69, 9.17) is 9.47 Å². The Kier molecular flexibility index (Phi) is 4.58. The Morgan fingerprint density at radius 2 is 2.12 bits per heavy atom. The first-order chi connectivity index (χ1) is 7.70. The first-order valence-electron chi connectivity index (χ1n) is 5.12. The number of Topliss-reactive ketones (excluding diaryl/α,β-unsaturated/α-hetero) is 1. The molecule has 0 saturated carbocycles. The highest BCUT2D eigenvalue weighted by molar-refractivity contribution is 5.99. The van der Waals surface area contributed by atoms with Crippen LogP contribution < -0.4 is 9.47 Å². The van der Waals surface area contributed by atoms with Gasteiger partial charge in [0.15, 0.2) is 5.78 Å². The van der Waals surface area contributed by atoms with Crippen molar-refractivity contribution in [2.24, 2.45) is 0 Å². The fourth-order valence-corrected chi connectivity index (χ4v) is 1.40. The first-order valence-corrected chi connectivity index (χ1v) is 5.12. The highest BCUT2D eigenvalue weighted by Crippen LogP contribution is 2.28. The molecule has 0 amide bonds. The Morgan fingerprint density at radius 3 is 2.69 bits per heavy atom. The molecule has 1 aromatic carbocycles. The van der Waals surface area contributed by atoms with Crippen LogP contribution in [0.3, 0.4) is 0 Å². The summed E-state index contributed by atoms with van der Waals surface area (Å²) in [6.07, 6.45) is 2.52. The van der Waals surface area contributed by atoms with E-state index in [1.807, 2.05) is 0 Å². The molecular formula is C13H16O3. The third kappa shape index (κ3) is 2.86. The Balaban J connectivity index is 2.97. The van der Waals surface area contributed by atoms with Crippen molar-refractivity contribution in [2.45, 2.75) is 13.3 Å². The van der Waals surface area contributed by atoms with Gasteiger partial charge < -0.3 is 9.47 Å². The van der Waals surface area contributed by atoms with Crippen LogP contribution in [0.5, 0.6) is 11.5 Å². The zero-order valence-corrected chi connectivity index (χ0v) is 9.66. The van der Waals surface area contributed by atoms with E-state index in [-0.39, 0.29) is 5.78 Å². The maximum Gasteiger partial charge on any atom is 0.167 e. The Morgan fingerprint density at radius 1 is 1.44 bits per heavy atom. The predicted octanol–water partition coefficient (Wildman–Crippen LogP) is 2.85. The molecule has 3 heteroatoms. The van der Waals surface area contributed by atoms with Gasteiger partial charge in [0.2, 0.25) is 0 Å². The monoisotopic (exact) mass is 220 g/mol. The second kappa shape index (κ2) is 5.95. The number of benzene rings is 1. The van der Waals surface area contributed by atoms with E-state index in [0.29, 0.717) is 23.7 Å². The lowest BCUT2D eigenvalue weighted by molar-refractivity contribution is 0.101. The Hall–Kier alpha value is -1.77. The number of hydrogen-bond acceptors (Lipinski definition) is 3. The van der Waals surface area contributed by atoms with Crippen molar-refractivity contribution >= 4 is 5.78 Å². The van der Waals surface area contributed by atoms with Crippen LogP contribution in [0.2, 0.25) is 0 Å². The molecule has 1 aromatic rings. The Labute approximate surface area is 95.7 Å². The summed E-state index contributed by atoms with van der Waals surface area (Å²) in [4.78, 5) is 11.5. The lowest BCUT2D eigenvalue weighted by Crippen LogP contribution is -2.04. The zero-order chi connectivity index (χ0) is 12.0. The van der Waals surface area contributed by atoms with Crippen LogP contribution in [0.4, 0.5) is 0 Å². The minimum Gasteiger partial charge on any atom is -0.496 e. The molecule has 0 N–H and O–H groups in total. The van der Waals surface area contributed by atoms with Gasteiger partial charge in [-0.25, -0.2) is 0 Å². The molecule has 3 nitrogen and oxygen atoms in total. The fourth-order valence-electron chi connectivity index (χ4n) is 1.40. The number of carbonyl (C=O) groups is 1. The van der Waals surface area contributed by atoms with Crippen molar-refractivity contribution in [3.05, 3.63) is 36.4 Å². The van der Waals surface area contributed by atoms with Crippen molar-refractivity contribution in [3.63, 3.8) is 0 Å². The summed E-state index contributed by atoms with van der Waals surface area (Å²) in [6, 6.07) is 5.31. The van der Waals surface area contributed by atoms with Crippen molar-refractivity contribution < 1.29 is 14.3 Å². The van der Waals surface area contributed by atoms with Gasteiger partial charge in [0.05, 0.1) is 13.7 Å². The van der Waals surface area contributed by atoms with E-state index in [1.165, 1.54) is 14.0 Å². The topological polar surface area (TPSA) is 35.5 Å². The van der Waals surface area contributed by atoms with E-state index in [0.717, 1.165) is 6.42 Å². The molecule has 0 radical (unpaired) electrons. The average molecular weight is 220 g/mol. The summed E-state index contributed by atoms with van der Waals surface area (Å²) in [5, 5.41) is 0. The molecule has 0 aliphatic heterocycles. The van der Waals surface area contributed by atoms with Gasteiger partial charge in [0, 0.05) is 0 Å². The third-order valence-electron chi connectivity index (χ3n) is 2.14. The molecule has 86 valence electrons. The van der Waals surface area contributed by atoms with Crippen molar-refractivity contribution in [1.29, 1.82) is 0 Å². The number of carbonyl (C=O) groups excluding carboxylic acids is 1. The van der Waals surface area contributed by atoms with Crippen LogP contribution in [0, 0.1) is 0 Å². The number of rotatable bonds is 6. The smallest absolute Gasteiger partial charge is 0.167 e. The maximum absolute atomic E-state index is 11.5. The van der Waals surface area contributed by atoms with E-state index >= 15 is 0 Å². The Bertz CT molecular complexity index is 383. The van der Waals surface area contributed by atoms with Gasteiger partial charge in [-0.3, -0.25) is 4.79 Å². The van der Waals surface area contributed by atoms with Crippen LogP contribution in [0.25, 0.3) is 0 Å². The minimum atomic E-state index is -0.0638. The molecule has 0 aliphatic carbocycles. The fraction of sp³-hybridized carbons (Fsp3) is 0.308. The standard InChI is InChI=1S/C13H16O3/c1-4-5-9-16-12-8-6-7-11(15-3)13(12)10(2)14/h4,6-8H,1,5,9H2,2-3H3. The number of hydrogen-bond donors (Lipinski definition) is 0. The van der Waals surface area contributed by atoms with Gasteiger partial charge in [-0.2, -0.15) is 0 Å². The van der Waals surface area contributed by atoms with Gasteiger partial charge in [-0.1, -0.05) is 12.1 Å². The number of ketones is 1. The van der Waals surface area contributed by atoms with Gasteiger partial charge in [-0.15, -0.1) is 6.58 Å². The van der Waals surface area contributed by atoms with Crippen molar-refractivity contribution in [3.8, 4) is 11.5 Å². The highest BCUT2D eigenvalue weighted by atomic mass is 16.5. The third-order valence-corrected chi connectivity index (χ3v) is 2.14. The molecule has 0 aromatic heterocycles. The van der Waals surface area contributed by atoms with Gasteiger partial charge in [-0.05, 0) is 25.5 Å². The normalized spacial score (nSPS) is 9.62. The number of methoxy groups -OCH3 is 1. The van der Waals surface area contributed by atoms with Crippen LogP contribution in [-0.2, 0) is 0 Å². The quantitative estimate of drug-likeness (QED) is 0.420. The van der Waals surface area contributed by atoms with E-state index in [1.54, 1.807) is 24.3 Å². The minimum absolute atomic E-state index is 0.0638. The molecule has 0 saturated heterocycles. The van der Waals surface area contributed by atoms with Crippen LogP contribution in [0.15, 0.2) is 30.9 Å². The highest BCUT2D eigenvalue weighted by Gasteiger charge is 2.14. The lowest BCUT2D eigenvalue weighted by Gasteiger charge is -2.12. The molecule has 0 fully saturated rings. The summed E-state index contributed by atoms with van der Waals surface area (Å²) in [5.41, 5.74) is 0.495. The largest absolute Gasteiger partial charge is 0.496 e. The average Bonchev–Trinajstić information content (AvgIpc) is 2.28. The van der Waals surface area contributed by atoms with Gasteiger partial charge >= 0.3 is 0 Å². The molecule has 0 bridgehead atoms. The lowest BCUT2D eigenvalue weighted by atomic mass is 10.1. The van der Waals surface area contributed by atoms with Crippen LogP contribution >= 0.6 is 0 Å². The van der Waals surface area contributed by atoms with Gasteiger partial charge in [0.25, 0.3) is 0 Å². The summed E-state index contributed by atoms with van der Waals surface area (Å²) < 4.78 is 10.6. The van der Waals surface area contributed by atoms with Crippen LogP contribution in [-0.4, -0.2) is 19.5 Å². The molecule has 16 heavy (non-hydrogen) atoms. The summed E-state index contributed by atoms with van der Waals surface area (Å²) in [5.74, 6) is 1.04. The molecule has 1 rings (SSSR count). The summed E-state index contributed by atoms with van der Waals surface area (Å²) >= 11 is 0. The van der Waals surface area contributed by atoms with Crippen molar-refractivity contribution in [1.82, 2.24) is 0 Å². The van der Waals surface area contributed by atoms with Crippen molar-refractivity contribution in [2.75, 3.05) is 13.7 Å².